The van der Waals surface area contributed by atoms with E-state index < -0.39 is 17.7 Å². The third-order valence-corrected chi connectivity index (χ3v) is 3.22. The molecule has 1 atom stereocenters. The van der Waals surface area contributed by atoms with Gasteiger partial charge in [-0.3, -0.25) is 4.79 Å². The molecule has 1 saturated carbocycles. The fourth-order valence-electron chi connectivity index (χ4n) is 2.10. The van der Waals surface area contributed by atoms with E-state index >= 15 is 0 Å². The molecule has 3 nitrogen and oxygen atoms in total. The molecule has 2 rings (SSSR count). The van der Waals surface area contributed by atoms with Crippen molar-refractivity contribution in [2.45, 2.75) is 31.6 Å². The number of amides is 1. The Bertz CT molecular complexity index is 453. The molecular weight excluding hydrogens is 262 g/mol. The molecule has 6 heteroatoms. The zero-order valence-electron chi connectivity index (χ0n) is 9.63. The second-order valence-electron chi connectivity index (χ2n) is 4.50. The summed E-state index contributed by atoms with van der Waals surface area (Å²) in [6, 6.07) is 3.06. The second kappa shape index (κ2) is 5.18. The molecule has 0 radical (unpaired) electrons. The molecule has 0 aliphatic heterocycles. The van der Waals surface area contributed by atoms with Gasteiger partial charge in [-0.2, -0.15) is 0 Å². The maximum absolute atomic E-state index is 13.2. The van der Waals surface area contributed by atoms with Crippen molar-refractivity contribution < 1.29 is 13.6 Å². The van der Waals surface area contributed by atoms with Crippen LogP contribution in [0.2, 0.25) is 5.02 Å². The van der Waals surface area contributed by atoms with E-state index in [1.807, 2.05) is 0 Å². The van der Waals surface area contributed by atoms with Crippen LogP contribution >= 0.6 is 11.6 Å². The molecule has 0 spiro atoms. The number of rotatable bonds is 2. The Morgan fingerprint density at radius 2 is 2.33 bits per heavy atom. The quantitative estimate of drug-likeness (QED) is 0.897. The van der Waals surface area contributed by atoms with E-state index in [2.05, 4.69) is 10.3 Å². The first-order valence-corrected chi connectivity index (χ1v) is 6.14. The van der Waals surface area contributed by atoms with Gasteiger partial charge < -0.3 is 5.32 Å². The first-order chi connectivity index (χ1) is 8.46. The smallest absolute Gasteiger partial charge is 0.248 e. The minimum atomic E-state index is -2.73. The van der Waals surface area contributed by atoms with Crippen LogP contribution in [0, 0.1) is 5.92 Å². The molecule has 1 amide bonds. The molecule has 0 aromatic carbocycles. The SMILES string of the molecule is O=C(Nc1cc(Cl)ccn1)C1CCCC(F)(F)C1. The third-order valence-electron chi connectivity index (χ3n) is 2.98. The summed E-state index contributed by atoms with van der Waals surface area (Å²) < 4.78 is 26.4. The summed E-state index contributed by atoms with van der Waals surface area (Å²) in [6.07, 6.45) is 1.79. The Morgan fingerprint density at radius 3 is 3.00 bits per heavy atom. The number of alkyl halides is 2. The van der Waals surface area contributed by atoms with Crippen molar-refractivity contribution in [3.63, 3.8) is 0 Å². The molecule has 0 saturated heterocycles. The Kier molecular flexibility index (Phi) is 3.80. The maximum atomic E-state index is 13.2. The van der Waals surface area contributed by atoms with Crippen molar-refractivity contribution in [2.24, 2.45) is 5.92 Å². The lowest BCUT2D eigenvalue weighted by atomic mass is 9.86. The van der Waals surface area contributed by atoms with Gasteiger partial charge >= 0.3 is 0 Å². The van der Waals surface area contributed by atoms with E-state index in [-0.39, 0.29) is 12.8 Å². The van der Waals surface area contributed by atoms with Crippen molar-refractivity contribution in [1.29, 1.82) is 0 Å². The number of pyridine rings is 1. The fraction of sp³-hybridized carbons (Fsp3) is 0.500. The summed E-state index contributed by atoms with van der Waals surface area (Å²) in [7, 11) is 0. The van der Waals surface area contributed by atoms with E-state index in [1.54, 1.807) is 6.07 Å². The molecule has 1 heterocycles. The number of anilines is 1. The lowest BCUT2D eigenvalue weighted by Gasteiger charge is -2.27. The van der Waals surface area contributed by atoms with Crippen molar-refractivity contribution in [3.8, 4) is 0 Å². The van der Waals surface area contributed by atoms with E-state index in [1.165, 1.54) is 12.3 Å². The highest BCUT2D eigenvalue weighted by atomic mass is 35.5. The van der Waals surface area contributed by atoms with Crippen LogP contribution in [0.15, 0.2) is 18.3 Å². The van der Waals surface area contributed by atoms with Crippen LogP contribution in [0.4, 0.5) is 14.6 Å². The van der Waals surface area contributed by atoms with Gasteiger partial charge in [-0.25, -0.2) is 13.8 Å². The van der Waals surface area contributed by atoms with Gasteiger partial charge in [-0.1, -0.05) is 11.6 Å². The van der Waals surface area contributed by atoms with Crippen LogP contribution in [0.25, 0.3) is 0 Å². The van der Waals surface area contributed by atoms with Gasteiger partial charge in [0, 0.05) is 30.0 Å². The van der Waals surface area contributed by atoms with Gasteiger partial charge in [0.05, 0.1) is 0 Å². The van der Waals surface area contributed by atoms with Crippen LogP contribution in [-0.4, -0.2) is 16.8 Å². The molecule has 18 heavy (non-hydrogen) atoms. The zero-order chi connectivity index (χ0) is 13.2. The van der Waals surface area contributed by atoms with Crippen LogP contribution in [-0.2, 0) is 4.79 Å². The number of hydrogen-bond acceptors (Lipinski definition) is 2. The summed E-state index contributed by atoms with van der Waals surface area (Å²) in [5, 5.41) is 2.96. The summed E-state index contributed by atoms with van der Waals surface area (Å²) in [4.78, 5) is 15.7. The molecule has 98 valence electrons. The molecule has 1 aliphatic carbocycles. The minimum absolute atomic E-state index is 0.133. The zero-order valence-corrected chi connectivity index (χ0v) is 10.4. The predicted molar refractivity (Wildman–Crippen MR) is 64.8 cm³/mol. The van der Waals surface area contributed by atoms with Crippen LogP contribution in [0.1, 0.15) is 25.7 Å². The van der Waals surface area contributed by atoms with E-state index in [9.17, 15) is 13.6 Å². The number of nitrogens with zero attached hydrogens (tertiary/aromatic N) is 1. The number of carbonyl (C=O) groups is 1. The lowest BCUT2D eigenvalue weighted by Crippen LogP contribution is -2.33. The number of nitrogens with one attached hydrogen (secondary N) is 1. The topological polar surface area (TPSA) is 42.0 Å². The van der Waals surface area contributed by atoms with Gasteiger partial charge in [0.25, 0.3) is 0 Å². The molecule has 1 fully saturated rings. The van der Waals surface area contributed by atoms with Crippen LogP contribution in [0.3, 0.4) is 0 Å². The van der Waals surface area contributed by atoms with Crippen LogP contribution in [0.5, 0.6) is 0 Å². The Morgan fingerprint density at radius 1 is 1.56 bits per heavy atom. The van der Waals surface area contributed by atoms with Gasteiger partial charge in [-0.15, -0.1) is 0 Å². The first kappa shape index (κ1) is 13.2. The van der Waals surface area contributed by atoms with Crippen molar-refractivity contribution >= 4 is 23.3 Å². The average Bonchev–Trinajstić information content (AvgIpc) is 2.27. The highest BCUT2D eigenvalue weighted by molar-refractivity contribution is 6.30. The Hall–Kier alpha value is -1.23. The number of hydrogen-bond donors (Lipinski definition) is 1. The molecule has 1 N–H and O–H groups in total. The summed E-state index contributed by atoms with van der Waals surface area (Å²) in [5.74, 6) is -3.51. The molecular formula is C12H13ClF2N2O. The Labute approximate surface area is 109 Å². The first-order valence-electron chi connectivity index (χ1n) is 5.76. The summed E-state index contributed by atoms with van der Waals surface area (Å²) in [6.45, 7) is 0. The molecule has 0 bridgehead atoms. The largest absolute Gasteiger partial charge is 0.310 e. The molecule has 1 aliphatic rings. The standard InChI is InChI=1S/C12H13ClF2N2O/c13-9-3-5-16-10(6-9)17-11(18)8-2-1-4-12(14,15)7-8/h3,5-6,8H,1-2,4,7H2,(H,16,17,18). The number of aromatic nitrogens is 1. The highest BCUT2D eigenvalue weighted by Gasteiger charge is 2.39. The van der Waals surface area contributed by atoms with Gasteiger partial charge in [0.15, 0.2) is 0 Å². The van der Waals surface area contributed by atoms with E-state index in [4.69, 9.17) is 11.6 Å². The van der Waals surface area contributed by atoms with E-state index in [0.29, 0.717) is 23.7 Å². The van der Waals surface area contributed by atoms with Gasteiger partial charge in [-0.05, 0) is 25.0 Å². The van der Waals surface area contributed by atoms with E-state index in [0.717, 1.165) is 0 Å². The fourth-order valence-corrected chi connectivity index (χ4v) is 2.26. The normalized spacial score (nSPS) is 22.5. The van der Waals surface area contributed by atoms with Crippen molar-refractivity contribution in [3.05, 3.63) is 23.4 Å². The lowest BCUT2D eigenvalue weighted by molar-refractivity contribution is -0.127. The molecule has 1 aromatic heterocycles. The molecule has 1 unspecified atom stereocenters. The average molecular weight is 275 g/mol. The highest BCUT2D eigenvalue weighted by Crippen LogP contribution is 2.37. The van der Waals surface area contributed by atoms with Crippen molar-refractivity contribution in [1.82, 2.24) is 4.98 Å². The second-order valence-corrected chi connectivity index (χ2v) is 4.93. The molecule has 1 aromatic rings. The van der Waals surface area contributed by atoms with Crippen molar-refractivity contribution in [2.75, 3.05) is 5.32 Å². The third kappa shape index (κ3) is 3.38. The number of halogens is 3. The monoisotopic (exact) mass is 274 g/mol. The minimum Gasteiger partial charge on any atom is -0.310 e. The predicted octanol–water partition coefficient (Wildman–Crippen LogP) is 3.50. The van der Waals surface area contributed by atoms with Gasteiger partial charge in [0.1, 0.15) is 5.82 Å². The summed E-state index contributed by atoms with van der Waals surface area (Å²) in [5.41, 5.74) is 0. The van der Waals surface area contributed by atoms with Crippen LogP contribution < -0.4 is 5.32 Å². The number of carbonyl (C=O) groups excluding carboxylic acids is 1. The van der Waals surface area contributed by atoms with Gasteiger partial charge in [0.2, 0.25) is 11.8 Å². The maximum Gasteiger partial charge on any atom is 0.248 e. The Balaban J connectivity index is 2.00. The summed E-state index contributed by atoms with van der Waals surface area (Å²) >= 11 is 5.75.